The molecule has 0 unspecified atom stereocenters. The van der Waals surface area contributed by atoms with Crippen molar-refractivity contribution in [1.29, 1.82) is 0 Å². The number of carbonyl (C=O) groups excluding carboxylic acids is 2. The van der Waals surface area contributed by atoms with Crippen LogP contribution in [0.15, 0.2) is 67.0 Å². The fourth-order valence-corrected chi connectivity index (χ4v) is 3.86. The number of hydrogen-bond acceptors (Lipinski definition) is 5. The second-order valence-corrected chi connectivity index (χ2v) is 7.60. The van der Waals surface area contributed by atoms with E-state index < -0.39 is 18.0 Å². The number of pyridine rings is 1. The fraction of sp³-hybridized carbons (Fsp3) is 0.292. The van der Waals surface area contributed by atoms with Gasteiger partial charge in [-0.2, -0.15) is 0 Å². The zero-order chi connectivity index (χ0) is 21.6. The van der Waals surface area contributed by atoms with Crippen LogP contribution in [0.3, 0.4) is 0 Å². The first kappa shape index (κ1) is 20.7. The summed E-state index contributed by atoms with van der Waals surface area (Å²) in [6.07, 6.45) is 4.85. The number of likely N-dealkylation sites (tertiary alicyclic amines) is 1. The standard InChI is InChI=1S/C24H25N3O4/c25-24(29)27-12-9-21(31-20-7-6-19-16-26-11-8-18(19)14-20)15-22(27)23(28)30-13-10-17-4-2-1-3-5-17/h1-8,11,14,16,21-22H,9-10,12-13,15H2,(H2,25,29)/t21-,22-/m0/s1. The number of amides is 2. The number of aromatic nitrogens is 1. The summed E-state index contributed by atoms with van der Waals surface area (Å²) in [5, 5.41) is 2.05. The monoisotopic (exact) mass is 419 g/mol. The van der Waals surface area contributed by atoms with Gasteiger partial charge in [0.2, 0.25) is 0 Å². The van der Waals surface area contributed by atoms with Crippen molar-refractivity contribution in [2.75, 3.05) is 13.2 Å². The number of primary amides is 1. The Bertz CT molecular complexity index is 1060. The number of carbonyl (C=O) groups is 2. The quantitative estimate of drug-likeness (QED) is 0.619. The third-order valence-corrected chi connectivity index (χ3v) is 5.50. The van der Waals surface area contributed by atoms with Gasteiger partial charge in [0.25, 0.3) is 0 Å². The molecule has 7 heteroatoms. The van der Waals surface area contributed by atoms with Crippen LogP contribution in [0, 0.1) is 0 Å². The van der Waals surface area contributed by atoms with E-state index in [0.717, 1.165) is 16.3 Å². The molecule has 2 heterocycles. The molecule has 0 spiro atoms. The fourth-order valence-electron chi connectivity index (χ4n) is 3.86. The van der Waals surface area contributed by atoms with Crippen LogP contribution in [-0.2, 0) is 16.0 Å². The van der Waals surface area contributed by atoms with Gasteiger partial charge in [0.15, 0.2) is 0 Å². The largest absolute Gasteiger partial charge is 0.490 e. The zero-order valence-corrected chi connectivity index (χ0v) is 17.1. The van der Waals surface area contributed by atoms with Gasteiger partial charge in [0, 0.05) is 43.6 Å². The summed E-state index contributed by atoms with van der Waals surface area (Å²) < 4.78 is 11.6. The highest BCUT2D eigenvalue weighted by atomic mass is 16.5. The van der Waals surface area contributed by atoms with Crippen LogP contribution < -0.4 is 10.5 Å². The van der Waals surface area contributed by atoms with Crippen LogP contribution in [-0.4, -0.2) is 47.2 Å². The topological polar surface area (TPSA) is 94.8 Å². The summed E-state index contributed by atoms with van der Waals surface area (Å²) in [7, 11) is 0. The van der Waals surface area contributed by atoms with Gasteiger partial charge in [-0.3, -0.25) is 4.98 Å². The number of nitrogens with two attached hydrogens (primary N) is 1. The normalized spacial score (nSPS) is 18.5. The molecule has 7 nitrogen and oxygen atoms in total. The van der Waals surface area contributed by atoms with Gasteiger partial charge in [-0.05, 0) is 35.2 Å². The lowest BCUT2D eigenvalue weighted by molar-refractivity contribution is -0.151. The Morgan fingerprint density at radius 2 is 1.94 bits per heavy atom. The van der Waals surface area contributed by atoms with E-state index in [2.05, 4.69) is 4.98 Å². The average molecular weight is 419 g/mol. The van der Waals surface area contributed by atoms with Gasteiger partial charge >= 0.3 is 12.0 Å². The third-order valence-electron chi connectivity index (χ3n) is 5.50. The second-order valence-electron chi connectivity index (χ2n) is 7.60. The van der Waals surface area contributed by atoms with E-state index in [1.54, 1.807) is 12.4 Å². The first-order valence-corrected chi connectivity index (χ1v) is 10.4. The molecule has 3 aromatic rings. The maximum absolute atomic E-state index is 12.7. The summed E-state index contributed by atoms with van der Waals surface area (Å²) in [4.78, 5) is 30.1. The summed E-state index contributed by atoms with van der Waals surface area (Å²) in [5.41, 5.74) is 6.59. The minimum absolute atomic E-state index is 0.221. The smallest absolute Gasteiger partial charge is 0.329 e. The number of benzene rings is 2. The summed E-state index contributed by atoms with van der Waals surface area (Å²) in [6.45, 7) is 0.589. The molecule has 2 atom stereocenters. The minimum Gasteiger partial charge on any atom is -0.490 e. The number of urea groups is 1. The van der Waals surface area contributed by atoms with E-state index in [4.69, 9.17) is 15.2 Å². The molecule has 1 saturated heterocycles. The highest BCUT2D eigenvalue weighted by Gasteiger charge is 2.37. The van der Waals surface area contributed by atoms with Crippen molar-refractivity contribution in [3.05, 3.63) is 72.6 Å². The third kappa shape index (κ3) is 5.12. The lowest BCUT2D eigenvalue weighted by atomic mass is 9.99. The first-order chi connectivity index (χ1) is 15.1. The van der Waals surface area contributed by atoms with Crippen molar-refractivity contribution in [2.24, 2.45) is 5.73 Å². The van der Waals surface area contributed by atoms with E-state index in [0.29, 0.717) is 31.6 Å². The first-order valence-electron chi connectivity index (χ1n) is 10.4. The summed E-state index contributed by atoms with van der Waals surface area (Å²) in [5.74, 6) is 0.264. The molecule has 160 valence electrons. The number of hydrogen-bond donors (Lipinski definition) is 1. The van der Waals surface area contributed by atoms with Crippen molar-refractivity contribution in [3.8, 4) is 5.75 Å². The van der Waals surface area contributed by atoms with Crippen molar-refractivity contribution in [3.63, 3.8) is 0 Å². The van der Waals surface area contributed by atoms with Gasteiger partial charge in [-0.15, -0.1) is 0 Å². The van der Waals surface area contributed by atoms with Crippen molar-refractivity contribution >= 4 is 22.8 Å². The number of rotatable bonds is 6. The molecule has 1 fully saturated rings. The van der Waals surface area contributed by atoms with Gasteiger partial charge in [0.1, 0.15) is 17.9 Å². The highest BCUT2D eigenvalue weighted by molar-refractivity contribution is 5.84. The Labute approximate surface area is 180 Å². The molecule has 0 saturated carbocycles. The number of nitrogens with zero attached hydrogens (tertiary/aromatic N) is 2. The Hall–Kier alpha value is -3.61. The van der Waals surface area contributed by atoms with E-state index >= 15 is 0 Å². The lowest BCUT2D eigenvalue weighted by Crippen LogP contribution is -2.54. The number of piperidine rings is 1. The predicted octanol–water partition coefficient (Wildman–Crippen LogP) is 3.31. The van der Waals surface area contributed by atoms with Crippen LogP contribution in [0.1, 0.15) is 18.4 Å². The molecule has 2 N–H and O–H groups in total. The maximum Gasteiger partial charge on any atom is 0.329 e. The predicted molar refractivity (Wildman–Crippen MR) is 117 cm³/mol. The van der Waals surface area contributed by atoms with E-state index in [1.807, 2.05) is 54.6 Å². The minimum atomic E-state index is -0.753. The van der Waals surface area contributed by atoms with E-state index in [-0.39, 0.29) is 12.7 Å². The van der Waals surface area contributed by atoms with Crippen LogP contribution >= 0.6 is 0 Å². The molecule has 1 aliphatic rings. The lowest BCUT2D eigenvalue weighted by Gasteiger charge is -2.36. The van der Waals surface area contributed by atoms with E-state index in [1.165, 1.54) is 4.90 Å². The molecule has 0 bridgehead atoms. The van der Waals surface area contributed by atoms with Crippen molar-refractivity contribution < 1.29 is 19.1 Å². The van der Waals surface area contributed by atoms with Crippen LogP contribution in [0.25, 0.3) is 10.8 Å². The molecule has 2 amide bonds. The Morgan fingerprint density at radius 3 is 2.74 bits per heavy atom. The average Bonchev–Trinajstić information content (AvgIpc) is 2.79. The Balaban J connectivity index is 1.39. The number of fused-ring (bicyclic) bond motifs is 1. The van der Waals surface area contributed by atoms with Gasteiger partial charge in [0.05, 0.1) is 6.61 Å². The van der Waals surface area contributed by atoms with Crippen molar-refractivity contribution in [2.45, 2.75) is 31.4 Å². The van der Waals surface area contributed by atoms with Gasteiger partial charge < -0.3 is 20.1 Å². The molecule has 0 aliphatic carbocycles. The maximum atomic E-state index is 12.7. The van der Waals surface area contributed by atoms with Crippen LogP contribution in [0.4, 0.5) is 4.79 Å². The van der Waals surface area contributed by atoms with Gasteiger partial charge in [-0.25, -0.2) is 9.59 Å². The highest BCUT2D eigenvalue weighted by Crippen LogP contribution is 2.26. The van der Waals surface area contributed by atoms with E-state index in [9.17, 15) is 9.59 Å². The summed E-state index contributed by atoms with van der Waals surface area (Å²) >= 11 is 0. The number of ether oxygens (including phenoxy) is 2. The van der Waals surface area contributed by atoms with Gasteiger partial charge in [-0.1, -0.05) is 30.3 Å². The number of esters is 1. The molecule has 2 aromatic carbocycles. The summed E-state index contributed by atoms with van der Waals surface area (Å²) in [6, 6.07) is 16.1. The Kier molecular flexibility index (Phi) is 6.31. The SMILES string of the molecule is NC(=O)N1CC[C@H](Oc2ccc3cnccc3c2)C[C@H]1C(=O)OCCc1ccccc1. The zero-order valence-electron chi connectivity index (χ0n) is 17.1. The molecule has 1 aliphatic heterocycles. The van der Waals surface area contributed by atoms with Crippen LogP contribution in [0.2, 0.25) is 0 Å². The molecule has 31 heavy (non-hydrogen) atoms. The molecular weight excluding hydrogens is 394 g/mol. The second kappa shape index (κ2) is 9.47. The molecule has 0 radical (unpaired) electrons. The van der Waals surface area contributed by atoms with Crippen molar-refractivity contribution in [1.82, 2.24) is 9.88 Å². The Morgan fingerprint density at radius 1 is 1.10 bits per heavy atom. The van der Waals surface area contributed by atoms with Crippen LogP contribution in [0.5, 0.6) is 5.75 Å². The molecular formula is C24H25N3O4. The molecule has 4 rings (SSSR count). The molecule has 1 aromatic heterocycles.